The highest BCUT2D eigenvalue weighted by Crippen LogP contribution is 2.24. The van der Waals surface area contributed by atoms with Gasteiger partial charge in [-0.3, -0.25) is 14.3 Å². The molecule has 1 aromatic carbocycles. The highest BCUT2D eigenvalue weighted by Gasteiger charge is 2.13. The standard InChI is InChI=1S/C16H13N5OS/c1-10-4-2-3-5-11(10)12-8-14(20-19-12)18-15(22)13-9-21-7-6-17-16(21)23-13/h2-9H,1H3,(H2,18,19,20,22). The van der Waals surface area contributed by atoms with Gasteiger partial charge in [-0.05, 0) is 12.5 Å². The van der Waals surface area contributed by atoms with Crippen LogP contribution in [0, 0.1) is 6.92 Å². The second kappa shape index (κ2) is 5.36. The number of aromatic amines is 1. The molecule has 114 valence electrons. The van der Waals surface area contributed by atoms with E-state index in [9.17, 15) is 4.79 Å². The minimum Gasteiger partial charge on any atom is -0.304 e. The summed E-state index contributed by atoms with van der Waals surface area (Å²) in [7, 11) is 0. The monoisotopic (exact) mass is 323 g/mol. The molecule has 2 N–H and O–H groups in total. The smallest absolute Gasteiger partial charge is 0.268 e. The van der Waals surface area contributed by atoms with Crippen molar-refractivity contribution in [3.8, 4) is 11.3 Å². The molecule has 0 fully saturated rings. The molecule has 6 nitrogen and oxygen atoms in total. The summed E-state index contributed by atoms with van der Waals surface area (Å²) in [5.41, 5.74) is 3.09. The number of carbonyl (C=O) groups excluding carboxylic acids is 1. The van der Waals surface area contributed by atoms with Crippen LogP contribution in [0.1, 0.15) is 15.2 Å². The lowest BCUT2D eigenvalue weighted by Gasteiger charge is -2.01. The van der Waals surface area contributed by atoms with E-state index in [2.05, 4.69) is 20.5 Å². The Morgan fingerprint density at radius 2 is 2.22 bits per heavy atom. The first-order valence-corrected chi connectivity index (χ1v) is 7.87. The van der Waals surface area contributed by atoms with Gasteiger partial charge in [0.15, 0.2) is 10.8 Å². The summed E-state index contributed by atoms with van der Waals surface area (Å²) in [4.78, 5) is 17.8. The minimum absolute atomic E-state index is 0.191. The molecular formula is C16H13N5OS. The molecule has 0 aliphatic rings. The van der Waals surface area contributed by atoms with Gasteiger partial charge in [0.2, 0.25) is 0 Å². The second-order valence-corrected chi connectivity index (χ2v) is 6.16. The predicted molar refractivity (Wildman–Crippen MR) is 89.8 cm³/mol. The Labute approximate surface area is 135 Å². The van der Waals surface area contributed by atoms with Crippen LogP contribution in [0.15, 0.2) is 48.9 Å². The van der Waals surface area contributed by atoms with Gasteiger partial charge in [0.05, 0.1) is 5.69 Å². The number of benzene rings is 1. The highest BCUT2D eigenvalue weighted by molar-refractivity contribution is 7.18. The van der Waals surface area contributed by atoms with Gasteiger partial charge in [0.25, 0.3) is 5.91 Å². The normalized spacial score (nSPS) is 11.0. The number of carbonyl (C=O) groups is 1. The van der Waals surface area contributed by atoms with Crippen LogP contribution in [-0.4, -0.2) is 25.5 Å². The van der Waals surface area contributed by atoms with Gasteiger partial charge in [-0.2, -0.15) is 5.10 Å². The maximum absolute atomic E-state index is 12.3. The quantitative estimate of drug-likeness (QED) is 0.607. The molecule has 0 saturated heterocycles. The molecule has 0 spiro atoms. The topological polar surface area (TPSA) is 75.1 Å². The fraction of sp³-hybridized carbons (Fsp3) is 0.0625. The maximum Gasteiger partial charge on any atom is 0.268 e. The molecule has 23 heavy (non-hydrogen) atoms. The van der Waals surface area contributed by atoms with E-state index in [1.807, 2.05) is 47.9 Å². The molecule has 3 heterocycles. The summed E-state index contributed by atoms with van der Waals surface area (Å²) >= 11 is 1.34. The van der Waals surface area contributed by atoms with Crippen LogP contribution in [0.2, 0.25) is 0 Å². The van der Waals surface area contributed by atoms with Crippen LogP contribution in [0.3, 0.4) is 0 Å². The van der Waals surface area contributed by atoms with Gasteiger partial charge in [-0.1, -0.05) is 35.6 Å². The molecule has 4 rings (SSSR count). The lowest BCUT2D eigenvalue weighted by molar-refractivity contribution is 0.103. The zero-order valence-electron chi connectivity index (χ0n) is 12.3. The van der Waals surface area contributed by atoms with Crippen molar-refractivity contribution in [2.75, 3.05) is 5.32 Å². The van der Waals surface area contributed by atoms with Crippen molar-refractivity contribution >= 4 is 28.0 Å². The van der Waals surface area contributed by atoms with E-state index in [4.69, 9.17) is 0 Å². The Morgan fingerprint density at radius 3 is 3.04 bits per heavy atom. The zero-order chi connectivity index (χ0) is 15.8. The van der Waals surface area contributed by atoms with E-state index in [1.54, 1.807) is 12.4 Å². The molecule has 0 aliphatic heterocycles. The molecule has 3 aromatic heterocycles. The summed E-state index contributed by atoms with van der Waals surface area (Å²) in [6.07, 6.45) is 5.28. The molecule has 0 bridgehead atoms. The van der Waals surface area contributed by atoms with Gasteiger partial charge < -0.3 is 5.32 Å². The van der Waals surface area contributed by atoms with E-state index < -0.39 is 0 Å². The molecular weight excluding hydrogens is 310 g/mol. The fourth-order valence-corrected chi connectivity index (χ4v) is 3.25. The predicted octanol–water partition coefficient (Wildman–Crippen LogP) is 3.35. The van der Waals surface area contributed by atoms with Crippen LogP contribution in [-0.2, 0) is 0 Å². The minimum atomic E-state index is -0.191. The van der Waals surface area contributed by atoms with Crippen molar-refractivity contribution in [3.05, 3.63) is 59.4 Å². The Kier molecular flexibility index (Phi) is 3.20. The average Bonchev–Trinajstić information content (AvgIpc) is 3.22. The number of nitrogens with one attached hydrogen (secondary N) is 2. The van der Waals surface area contributed by atoms with Crippen LogP contribution in [0.25, 0.3) is 16.2 Å². The summed E-state index contributed by atoms with van der Waals surface area (Å²) in [6.45, 7) is 2.04. The van der Waals surface area contributed by atoms with E-state index in [0.717, 1.165) is 21.8 Å². The second-order valence-electron chi connectivity index (χ2n) is 5.15. The number of nitrogens with zero attached hydrogens (tertiary/aromatic N) is 3. The van der Waals surface area contributed by atoms with Crippen LogP contribution >= 0.6 is 11.3 Å². The number of aryl methyl sites for hydroxylation is 1. The molecule has 0 saturated carbocycles. The first kappa shape index (κ1) is 13.7. The molecule has 0 aliphatic carbocycles. The van der Waals surface area contributed by atoms with Crippen molar-refractivity contribution in [1.82, 2.24) is 19.6 Å². The summed E-state index contributed by atoms with van der Waals surface area (Å²) in [6, 6.07) is 9.85. The van der Waals surface area contributed by atoms with E-state index >= 15 is 0 Å². The number of hydrogen-bond donors (Lipinski definition) is 2. The number of anilines is 1. The van der Waals surface area contributed by atoms with E-state index in [-0.39, 0.29) is 5.91 Å². The summed E-state index contributed by atoms with van der Waals surface area (Å²) < 4.78 is 1.82. The van der Waals surface area contributed by atoms with Gasteiger partial charge in [0.1, 0.15) is 4.88 Å². The van der Waals surface area contributed by atoms with E-state index in [1.165, 1.54) is 11.3 Å². The van der Waals surface area contributed by atoms with Gasteiger partial charge >= 0.3 is 0 Å². The lowest BCUT2D eigenvalue weighted by Crippen LogP contribution is -2.10. The molecule has 0 atom stereocenters. The van der Waals surface area contributed by atoms with Crippen molar-refractivity contribution in [2.24, 2.45) is 0 Å². The molecule has 4 aromatic rings. The molecule has 0 unspecified atom stereocenters. The first-order valence-electron chi connectivity index (χ1n) is 7.06. The van der Waals surface area contributed by atoms with Crippen LogP contribution < -0.4 is 5.32 Å². The number of hydrogen-bond acceptors (Lipinski definition) is 4. The first-order chi connectivity index (χ1) is 11.2. The highest BCUT2D eigenvalue weighted by atomic mass is 32.1. The number of amides is 1. The van der Waals surface area contributed by atoms with Gasteiger partial charge in [-0.25, -0.2) is 4.98 Å². The maximum atomic E-state index is 12.3. The van der Waals surface area contributed by atoms with Crippen molar-refractivity contribution in [2.45, 2.75) is 6.92 Å². The Balaban J connectivity index is 1.56. The average molecular weight is 323 g/mol. The van der Waals surface area contributed by atoms with Gasteiger partial charge in [0, 0.05) is 30.2 Å². The zero-order valence-corrected chi connectivity index (χ0v) is 13.1. The lowest BCUT2D eigenvalue weighted by atomic mass is 10.1. The largest absolute Gasteiger partial charge is 0.304 e. The van der Waals surface area contributed by atoms with E-state index in [0.29, 0.717) is 10.7 Å². The van der Waals surface area contributed by atoms with Gasteiger partial charge in [-0.15, -0.1) is 0 Å². The van der Waals surface area contributed by atoms with Crippen LogP contribution in [0.5, 0.6) is 0 Å². The fourth-order valence-electron chi connectivity index (χ4n) is 2.41. The van der Waals surface area contributed by atoms with Crippen molar-refractivity contribution < 1.29 is 4.79 Å². The number of aromatic nitrogens is 4. The Bertz CT molecular complexity index is 968. The van der Waals surface area contributed by atoms with Crippen LogP contribution in [0.4, 0.5) is 5.82 Å². The number of fused-ring (bicyclic) bond motifs is 1. The number of rotatable bonds is 3. The molecule has 1 amide bonds. The third-order valence-corrected chi connectivity index (χ3v) is 4.58. The molecule has 7 heteroatoms. The Hall–Kier alpha value is -2.93. The molecule has 0 radical (unpaired) electrons. The number of imidazole rings is 1. The SMILES string of the molecule is Cc1ccccc1-c1cc(NC(=O)c2cn3ccnc3s2)n[nH]1. The third-order valence-electron chi connectivity index (χ3n) is 3.57. The Morgan fingerprint density at radius 1 is 1.35 bits per heavy atom. The third kappa shape index (κ3) is 2.51. The van der Waals surface area contributed by atoms with Crippen molar-refractivity contribution in [1.29, 1.82) is 0 Å². The van der Waals surface area contributed by atoms with Crippen molar-refractivity contribution in [3.63, 3.8) is 0 Å². The summed E-state index contributed by atoms with van der Waals surface area (Å²) in [5, 5.41) is 9.94. The summed E-state index contributed by atoms with van der Waals surface area (Å²) in [5.74, 6) is 0.308. The number of H-pyrrole nitrogens is 1. The number of thiazole rings is 1.